The Bertz CT molecular complexity index is 536. The molecule has 1 aromatic carbocycles. The van der Waals surface area contributed by atoms with E-state index < -0.39 is 0 Å². The van der Waals surface area contributed by atoms with Crippen molar-refractivity contribution >= 4 is 0 Å². The fourth-order valence-electron chi connectivity index (χ4n) is 2.87. The lowest BCUT2D eigenvalue weighted by molar-refractivity contribution is 0.261. The summed E-state index contributed by atoms with van der Waals surface area (Å²) in [5.41, 5.74) is 1.16. The van der Waals surface area contributed by atoms with Gasteiger partial charge in [-0.2, -0.15) is 4.80 Å². The van der Waals surface area contributed by atoms with Crippen LogP contribution in [0.5, 0.6) is 5.75 Å². The van der Waals surface area contributed by atoms with Crippen molar-refractivity contribution in [3.63, 3.8) is 0 Å². The Morgan fingerprint density at radius 1 is 1.45 bits per heavy atom. The van der Waals surface area contributed by atoms with E-state index >= 15 is 0 Å². The van der Waals surface area contributed by atoms with E-state index in [-0.39, 0.29) is 6.04 Å². The number of nitrogens with zero attached hydrogens (tertiary/aromatic N) is 4. The minimum absolute atomic E-state index is 0.0976. The molecule has 0 radical (unpaired) electrons. The molecule has 0 saturated carbocycles. The van der Waals surface area contributed by atoms with Crippen molar-refractivity contribution in [2.24, 2.45) is 5.92 Å². The minimum Gasteiger partial charge on any atom is -0.497 e. The first-order valence-corrected chi connectivity index (χ1v) is 6.95. The fourth-order valence-corrected chi connectivity index (χ4v) is 2.87. The van der Waals surface area contributed by atoms with Crippen LogP contribution in [0, 0.1) is 5.92 Å². The molecule has 2 aromatic rings. The number of ether oxygens (including phenoxy) is 1. The van der Waals surface area contributed by atoms with Crippen LogP contribution in [0.4, 0.5) is 0 Å². The Kier molecular flexibility index (Phi) is 3.92. The number of hydrogen-bond donors (Lipinski definition) is 1. The smallest absolute Gasteiger partial charge is 0.162 e. The Morgan fingerprint density at radius 3 is 3.10 bits per heavy atom. The van der Waals surface area contributed by atoms with Crippen LogP contribution >= 0.6 is 0 Å². The molecule has 20 heavy (non-hydrogen) atoms. The summed E-state index contributed by atoms with van der Waals surface area (Å²) in [6.45, 7) is 2.07. The summed E-state index contributed by atoms with van der Waals surface area (Å²) in [6.07, 6.45) is 3.83. The van der Waals surface area contributed by atoms with E-state index in [9.17, 15) is 0 Å². The second-order valence-electron chi connectivity index (χ2n) is 5.08. The number of piperidine rings is 1. The summed E-state index contributed by atoms with van der Waals surface area (Å²) >= 11 is 0. The molecule has 2 atom stereocenters. The molecule has 1 unspecified atom stereocenters. The van der Waals surface area contributed by atoms with Gasteiger partial charge in [0.05, 0.1) is 7.11 Å². The summed E-state index contributed by atoms with van der Waals surface area (Å²) in [5.74, 6) is 1.32. The standard InChI is InChI=1S/C14H19N5O/c1-20-13-6-2-4-11(8-13)14(19-17-10-16-18-19)12-5-3-7-15-9-12/h2,4,6,8,10,12,14-15H,3,5,7,9H2,1H3/t12?,14-/m1/s1. The zero-order chi connectivity index (χ0) is 13.8. The first-order valence-electron chi connectivity index (χ1n) is 6.95. The topological polar surface area (TPSA) is 64.9 Å². The monoisotopic (exact) mass is 273 g/mol. The van der Waals surface area contributed by atoms with Crippen molar-refractivity contribution in [3.8, 4) is 5.75 Å². The third-order valence-electron chi connectivity index (χ3n) is 3.83. The van der Waals surface area contributed by atoms with Crippen molar-refractivity contribution in [1.82, 2.24) is 25.5 Å². The molecule has 0 bridgehead atoms. The lowest BCUT2D eigenvalue weighted by Crippen LogP contribution is -2.36. The first-order chi connectivity index (χ1) is 9.88. The van der Waals surface area contributed by atoms with Gasteiger partial charge in [0, 0.05) is 6.54 Å². The van der Waals surface area contributed by atoms with Gasteiger partial charge < -0.3 is 10.1 Å². The molecule has 6 nitrogen and oxygen atoms in total. The van der Waals surface area contributed by atoms with Gasteiger partial charge in [0.2, 0.25) is 0 Å². The molecule has 1 N–H and O–H groups in total. The van der Waals surface area contributed by atoms with E-state index in [2.05, 4.69) is 32.9 Å². The summed E-state index contributed by atoms with van der Waals surface area (Å²) in [4.78, 5) is 1.71. The summed E-state index contributed by atoms with van der Waals surface area (Å²) in [5, 5.41) is 15.7. The van der Waals surface area contributed by atoms with Crippen LogP contribution < -0.4 is 10.1 Å². The van der Waals surface area contributed by atoms with E-state index in [1.807, 2.05) is 12.1 Å². The van der Waals surface area contributed by atoms with E-state index in [0.29, 0.717) is 5.92 Å². The second-order valence-corrected chi connectivity index (χ2v) is 5.08. The molecule has 3 rings (SSSR count). The highest BCUT2D eigenvalue weighted by atomic mass is 16.5. The van der Waals surface area contributed by atoms with Gasteiger partial charge in [-0.1, -0.05) is 12.1 Å². The van der Waals surface area contributed by atoms with Crippen molar-refractivity contribution in [3.05, 3.63) is 36.2 Å². The van der Waals surface area contributed by atoms with Crippen molar-refractivity contribution < 1.29 is 4.74 Å². The molecule has 2 heterocycles. The van der Waals surface area contributed by atoms with Crippen LogP contribution in [-0.2, 0) is 0 Å². The van der Waals surface area contributed by atoms with Crippen LogP contribution in [0.2, 0.25) is 0 Å². The van der Waals surface area contributed by atoms with Gasteiger partial charge in [0.1, 0.15) is 11.8 Å². The highest BCUT2D eigenvalue weighted by molar-refractivity contribution is 5.31. The highest BCUT2D eigenvalue weighted by Gasteiger charge is 2.28. The van der Waals surface area contributed by atoms with Gasteiger partial charge in [0.25, 0.3) is 0 Å². The predicted octanol–water partition coefficient (Wildman–Crippen LogP) is 1.27. The molecule has 1 aliphatic heterocycles. The maximum Gasteiger partial charge on any atom is 0.162 e. The molecule has 1 aliphatic rings. The third kappa shape index (κ3) is 2.65. The van der Waals surface area contributed by atoms with Crippen molar-refractivity contribution in [2.45, 2.75) is 18.9 Å². The summed E-state index contributed by atoms with van der Waals surface area (Å²) in [6, 6.07) is 8.22. The number of benzene rings is 1. The molecule has 0 aliphatic carbocycles. The van der Waals surface area contributed by atoms with Crippen LogP contribution in [0.15, 0.2) is 30.6 Å². The van der Waals surface area contributed by atoms with E-state index in [1.165, 1.54) is 12.7 Å². The molecule has 1 fully saturated rings. The van der Waals surface area contributed by atoms with E-state index in [0.717, 1.165) is 30.8 Å². The lowest BCUT2D eigenvalue weighted by atomic mass is 9.87. The Balaban J connectivity index is 1.95. The van der Waals surface area contributed by atoms with Crippen LogP contribution in [-0.4, -0.2) is 40.4 Å². The predicted molar refractivity (Wildman–Crippen MR) is 74.5 cm³/mol. The van der Waals surface area contributed by atoms with E-state index in [1.54, 1.807) is 11.9 Å². The van der Waals surface area contributed by atoms with Gasteiger partial charge >= 0.3 is 0 Å². The maximum atomic E-state index is 5.33. The molecule has 1 saturated heterocycles. The van der Waals surface area contributed by atoms with Crippen LogP contribution in [0.1, 0.15) is 24.4 Å². The van der Waals surface area contributed by atoms with Gasteiger partial charge in [-0.25, -0.2) is 0 Å². The minimum atomic E-state index is 0.0976. The molecule has 106 valence electrons. The number of tetrazole rings is 1. The molecule has 6 heteroatoms. The lowest BCUT2D eigenvalue weighted by Gasteiger charge is -2.30. The fraction of sp³-hybridized carbons (Fsp3) is 0.500. The first kappa shape index (κ1) is 13.1. The normalized spacial score (nSPS) is 20.6. The van der Waals surface area contributed by atoms with E-state index in [4.69, 9.17) is 4.74 Å². The second kappa shape index (κ2) is 6.00. The third-order valence-corrected chi connectivity index (χ3v) is 3.83. The largest absolute Gasteiger partial charge is 0.497 e. The summed E-state index contributed by atoms with van der Waals surface area (Å²) < 4.78 is 5.33. The van der Waals surface area contributed by atoms with Gasteiger partial charge in [-0.15, -0.1) is 10.2 Å². The number of hydrogen-bond acceptors (Lipinski definition) is 5. The van der Waals surface area contributed by atoms with Crippen molar-refractivity contribution in [2.75, 3.05) is 20.2 Å². The average molecular weight is 273 g/mol. The molecular formula is C14H19N5O. The summed E-state index contributed by atoms with van der Waals surface area (Å²) in [7, 11) is 1.68. The Morgan fingerprint density at radius 2 is 2.40 bits per heavy atom. The van der Waals surface area contributed by atoms with Crippen LogP contribution in [0.3, 0.4) is 0 Å². The molecule has 0 spiro atoms. The quantitative estimate of drug-likeness (QED) is 0.909. The highest BCUT2D eigenvalue weighted by Crippen LogP contribution is 2.31. The Labute approximate surface area is 118 Å². The van der Waals surface area contributed by atoms with Crippen LogP contribution in [0.25, 0.3) is 0 Å². The number of rotatable bonds is 4. The zero-order valence-electron chi connectivity index (χ0n) is 11.6. The number of aromatic nitrogens is 4. The molecule has 0 amide bonds. The number of nitrogens with one attached hydrogen (secondary N) is 1. The number of methoxy groups -OCH3 is 1. The van der Waals surface area contributed by atoms with Gasteiger partial charge in [-0.05, 0) is 48.2 Å². The van der Waals surface area contributed by atoms with Gasteiger partial charge in [0.15, 0.2) is 6.33 Å². The Hall–Kier alpha value is -1.95. The average Bonchev–Trinajstić information content (AvgIpc) is 3.03. The maximum absolute atomic E-state index is 5.33. The molecule has 1 aromatic heterocycles. The molecular weight excluding hydrogens is 254 g/mol. The SMILES string of the molecule is COc1cccc([C@H](C2CCCNC2)n2ncnn2)c1. The van der Waals surface area contributed by atoms with Crippen molar-refractivity contribution in [1.29, 1.82) is 0 Å². The zero-order valence-corrected chi connectivity index (χ0v) is 11.6. The van der Waals surface area contributed by atoms with Gasteiger partial charge in [-0.3, -0.25) is 0 Å².